The third-order valence-corrected chi connectivity index (χ3v) is 5.62. The molecule has 2 saturated heterocycles. The standard InChI is InChI=1S/C18H21N3O2S/c22-18(20-7-14-3-1-2-5-19-14)16-11-23-17-10-21(9-15(16)17)8-13-4-6-24-12-13/h1-6,12,15-17H,7-11H2,(H,20,22)/t15-,16+,17-/m0/s1. The zero-order chi connectivity index (χ0) is 16.4. The second kappa shape index (κ2) is 7.01. The maximum atomic E-state index is 12.5. The highest BCUT2D eigenvalue weighted by atomic mass is 32.1. The Bertz CT molecular complexity index is 677. The first-order valence-electron chi connectivity index (χ1n) is 8.32. The number of hydrogen-bond acceptors (Lipinski definition) is 5. The Morgan fingerprint density at radius 1 is 1.38 bits per heavy atom. The van der Waals surface area contributed by atoms with E-state index < -0.39 is 0 Å². The van der Waals surface area contributed by atoms with E-state index in [1.54, 1.807) is 17.5 Å². The summed E-state index contributed by atoms with van der Waals surface area (Å²) in [5, 5.41) is 7.31. The molecule has 4 heterocycles. The maximum absolute atomic E-state index is 12.5. The van der Waals surface area contributed by atoms with Gasteiger partial charge in [0.2, 0.25) is 5.91 Å². The molecule has 0 radical (unpaired) electrons. The van der Waals surface area contributed by atoms with E-state index in [9.17, 15) is 4.79 Å². The average Bonchev–Trinajstić information content (AvgIpc) is 3.31. The molecule has 24 heavy (non-hydrogen) atoms. The summed E-state index contributed by atoms with van der Waals surface area (Å²) in [5.74, 6) is 0.337. The normalized spacial score (nSPS) is 26.4. The summed E-state index contributed by atoms with van der Waals surface area (Å²) in [4.78, 5) is 19.2. The molecule has 0 bridgehead atoms. The molecule has 6 heteroatoms. The van der Waals surface area contributed by atoms with Crippen LogP contribution in [-0.4, -0.2) is 41.6 Å². The van der Waals surface area contributed by atoms with Gasteiger partial charge in [0, 0.05) is 31.7 Å². The molecule has 5 nitrogen and oxygen atoms in total. The molecule has 1 amide bonds. The summed E-state index contributed by atoms with van der Waals surface area (Å²) in [6.07, 6.45) is 1.93. The number of amides is 1. The summed E-state index contributed by atoms with van der Waals surface area (Å²) >= 11 is 1.73. The first-order chi connectivity index (χ1) is 11.8. The first-order valence-corrected chi connectivity index (χ1v) is 9.26. The van der Waals surface area contributed by atoms with Gasteiger partial charge in [-0.3, -0.25) is 14.7 Å². The molecular formula is C18H21N3O2S. The molecule has 4 rings (SSSR count). The summed E-state index contributed by atoms with van der Waals surface area (Å²) in [6, 6.07) is 7.90. The van der Waals surface area contributed by atoms with Crippen LogP contribution in [0.15, 0.2) is 41.2 Å². The van der Waals surface area contributed by atoms with Crippen LogP contribution in [-0.2, 0) is 22.6 Å². The number of carbonyl (C=O) groups is 1. The predicted molar refractivity (Wildman–Crippen MR) is 92.4 cm³/mol. The predicted octanol–water partition coefficient (Wildman–Crippen LogP) is 1.91. The lowest BCUT2D eigenvalue weighted by Crippen LogP contribution is -2.36. The van der Waals surface area contributed by atoms with Crippen LogP contribution in [0.4, 0.5) is 0 Å². The number of hydrogen-bond donors (Lipinski definition) is 1. The van der Waals surface area contributed by atoms with Crippen molar-refractivity contribution in [3.8, 4) is 0 Å². The fourth-order valence-electron chi connectivity index (χ4n) is 3.65. The van der Waals surface area contributed by atoms with Gasteiger partial charge in [0.15, 0.2) is 0 Å². The van der Waals surface area contributed by atoms with Gasteiger partial charge in [-0.05, 0) is 34.5 Å². The molecule has 2 aromatic heterocycles. The number of likely N-dealkylation sites (tertiary alicyclic amines) is 1. The molecule has 0 spiro atoms. The van der Waals surface area contributed by atoms with E-state index in [0.717, 1.165) is 25.3 Å². The minimum Gasteiger partial charge on any atom is -0.376 e. The van der Waals surface area contributed by atoms with Crippen molar-refractivity contribution in [2.75, 3.05) is 19.7 Å². The van der Waals surface area contributed by atoms with Crippen LogP contribution in [0.5, 0.6) is 0 Å². The van der Waals surface area contributed by atoms with Gasteiger partial charge in [0.25, 0.3) is 0 Å². The Balaban J connectivity index is 1.32. The molecule has 2 aromatic rings. The highest BCUT2D eigenvalue weighted by Crippen LogP contribution is 2.34. The molecule has 0 saturated carbocycles. The first kappa shape index (κ1) is 15.7. The molecule has 126 valence electrons. The van der Waals surface area contributed by atoms with Crippen LogP contribution in [0.2, 0.25) is 0 Å². The Morgan fingerprint density at radius 2 is 2.33 bits per heavy atom. The lowest BCUT2D eigenvalue weighted by Gasteiger charge is -2.19. The number of ether oxygens (including phenoxy) is 1. The molecule has 0 aliphatic carbocycles. The fraction of sp³-hybridized carbons (Fsp3) is 0.444. The van der Waals surface area contributed by atoms with E-state index in [1.807, 2.05) is 18.2 Å². The van der Waals surface area contributed by atoms with Crippen molar-refractivity contribution in [1.29, 1.82) is 0 Å². The Labute approximate surface area is 145 Å². The summed E-state index contributed by atoms with van der Waals surface area (Å²) < 4.78 is 5.90. The van der Waals surface area contributed by atoms with Gasteiger partial charge in [-0.2, -0.15) is 11.3 Å². The van der Waals surface area contributed by atoms with Crippen LogP contribution in [0.3, 0.4) is 0 Å². The van der Waals surface area contributed by atoms with Gasteiger partial charge in [-0.25, -0.2) is 0 Å². The SMILES string of the molecule is O=C(NCc1ccccn1)[C@@H]1CO[C@H]2CN(Cc3ccsc3)C[C@H]21. The minimum atomic E-state index is -0.0498. The third kappa shape index (κ3) is 3.36. The van der Waals surface area contributed by atoms with E-state index in [-0.39, 0.29) is 17.9 Å². The lowest BCUT2D eigenvalue weighted by atomic mass is 9.92. The van der Waals surface area contributed by atoms with Crippen molar-refractivity contribution < 1.29 is 9.53 Å². The van der Waals surface area contributed by atoms with Gasteiger partial charge in [0.05, 0.1) is 30.9 Å². The molecule has 0 unspecified atom stereocenters. The zero-order valence-corrected chi connectivity index (χ0v) is 14.2. The monoisotopic (exact) mass is 343 g/mol. The van der Waals surface area contributed by atoms with Crippen molar-refractivity contribution in [3.05, 3.63) is 52.5 Å². The van der Waals surface area contributed by atoms with Gasteiger partial charge in [-0.1, -0.05) is 6.07 Å². The molecular weight excluding hydrogens is 322 g/mol. The summed E-state index contributed by atoms with van der Waals surface area (Å²) in [6.45, 7) is 3.82. The largest absolute Gasteiger partial charge is 0.376 e. The average molecular weight is 343 g/mol. The van der Waals surface area contributed by atoms with Crippen molar-refractivity contribution >= 4 is 17.2 Å². The number of thiophene rings is 1. The van der Waals surface area contributed by atoms with Crippen molar-refractivity contribution in [2.45, 2.75) is 19.2 Å². The van der Waals surface area contributed by atoms with Gasteiger partial charge < -0.3 is 10.1 Å². The molecule has 3 atom stereocenters. The summed E-state index contributed by atoms with van der Waals surface area (Å²) in [5.41, 5.74) is 2.22. The Hall–Kier alpha value is -1.76. The number of nitrogens with one attached hydrogen (secondary N) is 1. The number of pyridine rings is 1. The van der Waals surface area contributed by atoms with E-state index in [4.69, 9.17) is 4.74 Å². The van der Waals surface area contributed by atoms with Crippen LogP contribution >= 0.6 is 11.3 Å². The van der Waals surface area contributed by atoms with Gasteiger partial charge in [0.1, 0.15) is 0 Å². The van der Waals surface area contributed by atoms with E-state index >= 15 is 0 Å². The van der Waals surface area contributed by atoms with Gasteiger partial charge in [-0.15, -0.1) is 0 Å². The number of nitrogens with zero attached hydrogens (tertiary/aromatic N) is 2. The van der Waals surface area contributed by atoms with Crippen molar-refractivity contribution in [2.24, 2.45) is 11.8 Å². The van der Waals surface area contributed by atoms with Crippen LogP contribution in [0, 0.1) is 11.8 Å². The fourth-order valence-corrected chi connectivity index (χ4v) is 4.30. The van der Waals surface area contributed by atoms with Gasteiger partial charge >= 0.3 is 0 Å². The van der Waals surface area contributed by atoms with E-state index in [2.05, 4.69) is 32.0 Å². The van der Waals surface area contributed by atoms with E-state index in [0.29, 0.717) is 19.1 Å². The second-order valence-corrected chi connectivity index (χ2v) is 7.29. The maximum Gasteiger partial charge on any atom is 0.226 e. The number of aromatic nitrogens is 1. The number of carbonyl (C=O) groups excluding carboxylic acids is 1. The highest BCUT2D eigenvalue weighted by molar-refractivity contribution is 7.07. The van der Waals surface area contributed by atoms with Crippen LogP contribution in [0.1, 0.15) is 11.3 Å². The molecule has 2 aliphatic heterocycles. The quantitative estimate of drug-likeness (QED) is 0.901. The topological polar surface area (TPSA) is 54.5 Å². The zero-order valence-electron chi connectivity index (χ0n) is 13.4. The van der Waals surface area contributed by atoms with Crippen LogP contribution < -0.4 is 5.32 Å². The van der Waals surface area contributed by atoms with Crippen molar-refractivity contribution in [1.82, 2.24) is 15.2 Å². The molecule has 2 aliphatic rings. The van der Waals surface area contributed by atoms with E-state index in [1.165, 1.54) is 5.56 Å². The molecule has 0 aromatic carbocycles. The lowest BCUT2D eigenvalue weighted by molar-refractivity contribution is -0.126. The molecule has 2 fully saturated rings. The van der Waals surface area contributed by atoms with Crippen LogP contribution in [0.25, 0.3) is 0 Å². The molecule has 1 N–H and O–H groups in total. The number of fused-ring (bicyclic) bond motifs is 1. The third-order valence-electron chi connectivity index (χ3n) is 4.88. The number of rotatable bonds is 5. The smallest absolute Gasteiger partial charge is 0.226 e. The summed E-state index contributed by atoms with van der Waals surface area (Å²) in [7, 11) is 0. The Kier molecular flexibility index (Phi) is 4.60. The highest BCUT2D eigenvalue weighted by Gasteiger charge is 2.46. The van der Waals surface area contributed by atoms with Crippen molar-refractivity contribution in [3.63, 3.8) is 0 Å². The Morgan fingerprint density at radius 3 is 3.12 bits per heavy atom. The second-order valence-electron chi connectivity index (χ2n) is 6.51. The minimum absolute atomic E-state index is 0.0498.